The molecule has 6 N–H and O–H groups in total. The quantitative estimate of drug-likeness (QED) is 0.181. The van der Waals surface area contributed by atoms with Crippen LogP contribution in [0.1, 0.15) is 25.6 Å². The van der Waals surface area contributed by atoms with Crippen molar-refractivity contribution in [3.8, 4) is 0 Å². The van der Waals surface area contributed by atoms with E-state index in [2.05, 4.69) is 13.1 Å². The molecule has 1 aromatic carbocycles. The van der Waals surface area contributed by atoms with Gasteiger partial charge in [0.05, 0.1) is 6.61 Å². The van der Waals surface area contributed by atoms with Gasteiger partial charge in [-0.25, -0.2) is 18.5 Å². The Bertz CT molecular complexity index is 1440. The molecule has 17 nitrogen and oxygen atoms in total. The molecular formula is C19H27N2O15P3. The number of hydrogen-bond acceptors (Lipinski definition) is 11. The van der Waals surface area contributed by atoms with Gasteiger partial charge >= 0.3 is 29.2 Å². The van der Waals surface area contributed by atoms with Crippen LogP contribution >= 0.6 is 23.5 Å². The zero-order valence-electron chi connectivity index (χ0n) is 20.4. The summed E-state index contributed by atoms with van der Waals surface area (Å²) in [6.45, 7) is 2.51. The molecule has 39 heavy (non-hydrogen) atoms. The second-order valence-corrected chi connectivity index (χ2v) is 13.5. The van der Waals surface area contributed by atoms with Crippen molar-refractivity contribution in [3.63, 3.8) is 0 Å². The van der Waals surface area contributed by atoms with Crippen molar-refractivity contribution in [2.45, 2.75) is 50.3 Å². The summed E-state index contributed by atoms with van der Waals surface area (Å²) >= 11 is 0. The van der Waals surface area contributed by atoms with Crippen LogP contribution in [0, 0.1) is 0 Å². The van der Waals surface area contributed by atoms with Crippen molar-refractivity contribution in [2.24, 2.45) is 0 Å². The molecule has 0 amide bonds. The standard InChI is InChI=1S/C19H27N2O15P3/c1-19(2,12-6-4-3-5-7-12)11-21-14(22)8-9-20(18(21)25)17-16(24)15(23)13(34-17)10-33-38(29,30)36-39(31,32)35-37(26,27)28/h3-9,13,15-17,23-24H,10-11H2,1-2H3,(H,29,30)(H,31,32)(H2,26,27,28)/t13-,15+,16?,17-/m1/s1. The van der Waals surface area contributed by atoms with Crippen molar-refractivity contribution in [2.75, 3.05) is 6.61 Å². The van der Waals surface area contributed by atoms with Crippen LogP contribution in [0.5, 0.6) is 0 Å². The summed E-state index contributed by atoms with van der Waals surface area (Å²) in [5.41, 5.74) is -1.37. The third kappa shape index (κ3) is 8.12. The summed E-state index contributed by atoms with van der Waals surface area (Å²) in [6.07, 6.45) is -5.79. The molecule has 2 heterocycles. The summed E-state index contributed by atoms with van der Waals surface area (Å²) in [5.74, 6) is 0. The fourth-order valence-electron chi connectivity index (χ4n) is 3.81. The Labute approximate surface area is 220 Å². The van der Waals surface area contributed by atoms with E-state index in [0.29, 0.717) is 0 Å². The molecule has 1 aliphatic rings. The van der Waals surface area contributed by atoms with E-state index in [4.69, 9.17) is 14.5 Å². The van der Waals surface area contributed by atoms with Crippen molar-refractivity contribution in [1.82, 2.24) is 9.13 Å². The first-order chi connectivity index (χ1) is 17.8. The number of aromatic nitrogens is 2. The zero-order valence-corrected chi connectivity index (χ0v) is 23.0. The third-order valence-electron chi connectivity index (χ3n) is 5.63. The minimum atomic E-state index is -5.77. The van der Waals surface area contributed by atoms with Gasteiger partial charge in [0, 0.05) is 24.2 Å². The molecule has 3 rings (SSSR count). The van der Waals surface area contributed by atoms with Crippen molar-refractivity contribution < 1.29 is 61.4 Å². The van der Waals surface area contributed by atoms with E-state index >= 15 is 0 Å². The summed E-state index contributed by atoms with van der Waals surface area (Å²) in [4.78, 5) is 61.7. The fourth-order valence-corrected chi connectivity index (χ4v) is 6.84. The SMILES string of the molecule is CC(C)(Cn1c(=O)ccn([C@@H]2O[C@H](COP(=O)(O)OP(=O)(O)OP(=O)(O)O)[C@H](O)C2O)c1=O)c1ccccc1. The lowest BCUT2D eigenvalue weighted by atomic mass is 9.84. The van der Waals surface area contributed by atoms with Crippen LogP contribution in [0.4, 0.5) is 0 Å². The highest BCUT2D eigenvalue weighted by atomic mass is 31.3. The van der Waals surface area contributed by atoms with Gasteiger partial charge in [0.2, 0.25) is 0 Å². The molecule has 3 unspecified atom stereocenters. The first-order valence-corrected chi connectivity index (χ1v) is 15.5. The first kappa shape index (κ1) is 31.7. The van der Waals surface area contributed by atoms with Crippen LogP contribution in [0.3, 0.4) is 0 Å². The molecule has 6 atom stereocenters. The minimum absolute atomic E-state index is 0.0592. The molecule has 2 aromatic rings. The topological polar surface area (TPSA) is 254 Å². The smallest absolute Gasteiger partial charge is 0.387 e. The first-order valence-electron chi connectivity index (χ1n) is 11.0. The average molecular weight is 616 g/mol. The minimum Gasteiger partial charge on any atom is -0.387 e. The molecule has 1 saturated heterocycles. The molecular weight excluding hydrogens is 589 g/mol. The molecule has 218 valence electrons. The van der Waals surface area contributed by atoms with Gasteiger partial charge in [0.1, 0.15) is 18.3 Å². The Balaban J connectivity index is 1.77. The lowest BCUT2D eigenvalue weighted by Gasteiger charge is -2.27. The Kier molecular flexibility index (Phi) is 9.42. The fraction of sp³-hybridized carbons (Fsp3) is 0.474. The predicted octanol–water partition coefficient (Wildman–Crippen LogP) is -0.0497. The van der Waals surface area contributed by atoms with E-state index in [1.807, 2.05) is 32.0 Å². The average Bonchev–Trinajstić information content (AvgIpc) is 3.07. The van der Waals surface area contributed by atoms with Gasteiger partial charge in [0.15, 0.2) is 6.23 Å². The number of benzene rings is 1. The summed E-state index contributed by atoms with van der Waals surface area (Å²) in [6, 6.07) is 10.1. The number of nitrogens with zero attached hydrogens (tertiary/aromatic N) is 2. The molecule has 1 aliphatic heterocycles. The zero-order chi connectivity index (χ0) is 29.4. The Hall–Kier alpha value is -1.81. The largest absolute Gasteiger partial charge is 0.490 e. The van der Waals surface area contributed by atoms with Crippen LogP contribution in [-0.4, -0.2) is 63.8 Å². The highest BCUT2D eigenvalue weighted by molar-refractivity contribution is 7.66. The van der Waals surface area contributed by atoms with E-state index in [0.717, 1.165) is 27.0 Å². The van der Waals surface area contributed by atoms with Crippen LogP contribution in [-0.2, 0) is 43.5 Å². The monoisotopic (exact) mass is 616 g/mol. The lowest BCUT2D eigenvalue weighted by molar-refractivity contribution is -0.0549. The third-order valence-corrected chi connectivity index (χ3v) is 9.44. The van der Waals surface area contributed by atoms with Crippen LogP contribution in [0.25, 0.3) is 0 Å². The number of phosphoric ester groups is 1. The number of aliphatic hydroxyl groups is 2. The van der Waals surface area contributed by atoms with E-state index in [9.17, 15) is 43.3 Å². The van der Waals surface area contributed by atoms with Crippen molar-refractivity contribution >= 4 is 23.5 Å². The van der Waals surface area contributed by atoms with Gasteiger partial charge in [-0.3, -0.25) is 18.5 Å². The molecule has 0 spiro atoms. The number of phosphoric acid groups is 3. The summed E-state index contributed by atoms with van der Waals surface area (Å²) in [5, 5.41) is 20.8. The summed E-state index contributed by atoms with van der Waals surface area (Å²) < 4.78 is 52.9. The van der Waals surface area contributed by atoms with Gasteiger partial charge in [-0.15, -0.1) is 0 Å². The number of aliphatic hydroxyl groups excluding tert-OH is 2. The van der Waals surface area contributed by atoms with E-state index in [-0.39, 0.29) is 6.54 Å². The second-order valence-electron chi connectivity index (χ2n) is 9.11. The van der Waals surface area contributed by atoms with Gasteiger partial charge in [0.25, 0.3) is 5.56 Å². The second kappa shape index (κ2) is 11.6. The Morgan fingerprint density at radius 2 is 1.54 bits per heavy atom. The molecule has 0 bridgehead atoms. The van der Waals surface area contributed by atoms with Crippen molar-refractivity contribution in [3.05, 3.63) is 69.0 Å². The normalized spacial score (nSPS) is 25.2. The molecule has 0 radical (unpaired) electrons. The summed E-state index contributed by atoms with van der Waals surface area (Å²) in [7, 11) is -16.9. The van der Waals surface area contributed by atoms with E-state index in [1.165, 1.54) is 0 Å². The highest BCUT2D eigenvalue weighted by Crippen LogP contribution is 2.66. The number of hydrogen-bond donors (Lipinski definition) is 6. The molecule has 0 aliphatic carbocycles. The van der Waals surface area contributed by atoms with Gasteiger partial charge < -0.3 is 34.5 Å². The Morgan fingerprint density at radius 1 is 0.923 bits per heavy atom. The van der Waals surface area contributed by atoms with Crippen LogP contribution in [0.2, 0.25) is 0 Å². The molecule has 1 fully saturated rings. The van der Waals surface area contributed by atoms with E-state index < -0.39 is 71.3 Å². The van der Waals surface area contributed by atoms with E-state index in [1.54, 1.807) is 12.1 Å². The molecule has 0 saturated carbocycles. The van der Waals surface area contributed by atoms with Gasteiger partial charge in [-0.05, 0) is 5.56 Å². The maximum absolute atomic E-state index is 13.2. The van der Waals surface area contributed by atoms with Gasteiger partial charge in [-0.1, -0.05) is 44.2 Å². The molecule has 1 aromatic heterocycles. The van der Waals surface area contributed by atoms with Crippen molar-refractivity contribution in [1.29, 1.82) is 0 Å². The predicted molar refractivity (Wildman–Crippen MR) is 130 cm³/mol. The van der Waals surface area contributed by atoms with Crippen LogP contribution < -0.4 is 11.2 Å². The number of ether oxygens (including phenoxy) is 1. The maximum atomic E-state index is 13.2. The number of rotatable bonds is 11. The lowest BCUT2D eigenvalue weighted by Crippen LogP contribution is -2.45. The highest BCUT2D eigenvalue weighted by Gasteiger charge is 2.47. The maximum Gasteiger partial charge on any atom is 0.490 e. The Morgan fingerprint density at radius 3 is 2.13 bits per heavy atom. The molecule has 20 heteroatoms. The van der Waals surface area contributed by atoms with Crippen LogP contribution in [0.15, 0.2) is 52.2 Å². The van der Waals surface area contributed by atoms with Gasteiger partial charge in [-0.2, -0.15) is 8.62 Å².